The molecule has 106 valence electrons. The molecular formula is C13H16N4O3. The molecule has 0 amide bonds. The predicted octanol–water partition coefficient (Wildman–Crippen LogP) is 0.836. The van der Waals surface area contributed by atoms with Gasteiger partial charge in [-0.2, -0.15) is 10.1 Å². The van der Waals surface area contributed by atoms with Crippen molar-refractivity contribution in [1.82, 2.24) is 19.7 Å². The van der Waals surface area contributed by atoms with Gasteiger partial charge in [-0.3, -0.25) is 14.5 Å². The summed E-state index contributed by atoms with van der Waals surface area (Å²) >= 11 is 0. The summed E-state index contributed by atoms with van der Waals surface area (Å²) in [6, 6.07) is 0. The molecule has 0 radical (unpaired) electrons. The summed E-state index contributed by atoms with van der Waals surface area (Å²) in [6.45, 7) is 5.14. The quantitative estimate of drug-likeness (QED) is 0.861. The van der Waals surface area contributed by atoms with Crippen LogP contribution in [-0.4, -0.2) is 30.8 Å². The fourth-order valence-corrected chi connectivity index (χ4v) is 2.16. The molecule has 0 saturated heterocycles. The van der Waals surface area contributed by atoms with Gasteiger partial charge < -0.3 is 5.11 Å². The van der Waals surface area contributed by atoms with Crippen molar-refractivity contribution in [1.29, 1.82) is 0 Å². The van der Waals surface area contributed by atoms with Gasteiger partial charge in [-0.15, -0.1) is 0 Å². The second kappa shape index (κ2) is 5.28. The molecule has 0 aliphatic carbocycles. The van der Waals surface area contributed by atoms with E-state index in [9.17, 15) is 9.59 Å². The fraction of sp³-hybridized carbons (Fsp3) is 0.385. The Morgan fingerprint density at radius 2 is 2.20 bits per heavy atom. The molecule has 2 N–H and O–H groups in total. The Bertz CT molecular complexity index is 688. The van der Waals surface area contributed by atoms with Crippen molar-refractivity contribution < 1.29 is 9.90 Å². The Morgan fingerprint density at radius 1 is 1.50 bits per heavy atom. The number of hydrogen-bond donors (Lipinski definition) is 2. The highest BCUT2D eigenvalue weighted by atomic mass is 16.4. The molecule has 0 fully saturated rings. The maximum Gasteiger partial charge on any atom is 0.352 e. The third kappa shape index (κ3) is 2.47. The number of hydrogen-bond acceptors (Lipinski definition) is 4. The van der Waals surface area contributed by atoms with E-state index >= 15 is 0 Å². The van der Waals surface area contributed by atoms with E-state index in [0.717, 1.165) is 5.56 Å². The van der Waals surface area contributed by atoms with Crippen molar-refractivity contribution in [2.24, 2.45) is 5.92 Å². The highest BCUT2D eigenvalue weighted by Crippen LogP contribution is 2.17. The van der Waals surface area contributed by atoms with Crippen molar-refractivity contribution in [3.63, 3.8) is 0 Å². The molecule has 20 heavy (non-hydrogen) atoms. The maximum atomic E-state index is 12.0. The second-order valence-corrected chi connectivity index (χ2v) is 4.78. The van der Waals surface area contributed by atoms with Gasteiger partial charge in [0.25, 0.3) is 0 Å². The first-order valence-corrected chi connectivity index (χ1v) is 6.23. The summed E-state index contributed by atoms with van der Waals surface area (Å²) in [5.74, 6) is -1.41. The van der Waals surface area contributed by atoms with Gasteiger partial charge >= 0.3 is 11.7 Å². The number of carboxylic acid groups (broad SMARTS) is 1. The predicted molar refractivity (Wildman–Crippen MR) is 72.0 cm³/mol. The van der Waals surface area contributed by atoms with Gasteiger partial charge in [0, 0.05) is 17.6 Å². The van der Waals surface area contributed by atoms with Gasteiger partial charge in [-0.05, 0) is 25.8 Å². The Labute approximate surface area is 115 Å². The molecule has 2 aromatic heterocycles. The summed E-state index contributed by atoms with van der Waals surface area (Å²) < 4.78 is 1.43. The van der Waals surface area contributed by atoms with Gasteiger partial charge in [0.15, 0.2) is 0 Å². The normalized spacial score (nSPS) is 12.3. The summed E-state index contributed by atoms with van der Waals surface area (Å²) in [4.78, 5) is 27.0. The number of nitrogens with zero attached hydrogens (tertiary/aromatic N) is 3. The lowest BCUT2D eigenvalue weighted by Crippen LogP contribution is -2.27. The van der Waals surface area contributed by atoms with E-state index in [1.165, 1.54) is 10.8 Å². The van der Waals surface area contributed by atoms with Crippen LogP contribution in [-0.2, 0) is 11.2 Å². The summed E-state index contributed by atoms with van der Waals surface area (Å²) in [5, 5.41) is 15.5. The molecule has 0 aliphatic heterocycles. The van der Waals surface area contributed by atoms with Gasteiger partial charge in [-0.25, -0.2) is 4.79 Å². The minimum absolute atomic E-state index is 0.331. The number of nitrogens with one attached hydrogen (secondary N) is 1. The Balaban J connectivity index is 2.56. The molecule has 2 heterocycles. The van der Waals surface area contributed by atoms with E-state index in [-0.39, 0.29) is 0 Å². The minimum Gasteiger partial charge on any atom is -0.481 e. The number of aromatic amines is 1. The molecule has 0 aliphatic rings. The number of H-pyrrole nitrogens is 1. The molecule has 0 saturated carbocycles. The van der Waals surface area contributed by atoms with Crippen molar-refractivity contribution in [3.05, 3.63) is 39.8 Å². The third-order valence-corrected chi connectivity index (χ3v) is 3.34. The highest BCUT2D eigenvalue weighted by Gasteiger charge is 2.18. The molecule has 0 bridgehead atoms. The zero-order valence-electron chi connectivity index (χ0n) is 11.5. The second-order valence-electron chi connectivity index (χ2n) is 4.78. The number of aromatic nitrogens is 4. The monoisotopic (exact) mass is 276 g/mol. The van der Waals surface area contributed by atoms with E-state index < -0.39 is 17.6 Å². The molecule has 0 aromatic carbocycles. The molecule has 7 heteroatoms. The van der Waals surface area contributed by atoms with Crippen LogP contribution in [0.25, 0.3) is 5.69 Å². The fourth-order valence-electron chi connectivity index (χ4n) is 2.16. The minimum atomic E-state index is -0.870. The standard InChI is InChI=1S/C13H16N4O3/c1-7(12(18)19)4-11-8(2)16-13(20)17(9(11)3)10-5-14-15-6-10/h5-7H,4H2,1-3H3,(H,14,15)(H,18,19). The summed E-state index contributed by atoms with van der Waals surface area (Å²) in [7, 11) is 0. The van der Waals surface area contributed by atoms with Crippen LogP contribution in [0, 0.1) is 19.8 Å². The van der Waals surface area contributed by atoms with Crippen LogP contribution in [0.15, 0.2) is 17.2 Å². The number of rotatable bonds is 4. The zero-order valence-corrected chi connectivity index (χ0v) is 11.5. The SMILES string of the molecule is Cc1nc(=O)n(-c2cn[nH]c2)c(C)c1CC(C)C(=O)O. The molecule has 1 atom stereocenters. The number of aliphatic carboxylic acids is 1. The molecular weight excluding hydrogens is 260 g/mol. The number of aryl methyl sites for hydroxylation is 1. The largest absolute Gasteiger partial charge is 0.481 e. The Morgan fingerprint density at radius 3 is 2.75 bits per heavy atom. The zero-order chi connectivity index (χ0) is 14.9. The number of carboxylic acids is 1. The Kier molecular flexibility index (Phi) is 3.69. The van der Waals surface area contributed by atoms with Gasteiger partial charge in [-0.1, -0.05) is 6.92 Å². The number of carbonyl (C=O) groups is 1. The van der Waals surface area contributed by atoms with Crippen LogP contribution in [0.5, 0.6) is 0 Å². The van der Waals surface area contributed by atoms with E-state index in [4.69, 9.17) is 5.11 Å². The topological polar surface area (TPSA) is 101 Å². The smallest absolute Gasteiger partial charge is 0.352 e. The van der Waals surface area contributed by atoms with Crippen molar-refractivity contribution in [3.8, 4) is 5.69 Å². The third-order valence-electron chi connectivity index (χ3n) is 3.34. The highest BCUT2D eigenvalue weighted by molar-refractivity contribution is 5.70. The first-order valence-electron chi connectivity index (χ1n) is 6.23. The first-order chi connectivity index (χ1) is 9.41. The van der Waals surface area contributed by atoms with E-state index in [0.29, 0.717) is 23.5 Å². The van der Waals surface area contributed by atoms with Gasteiger partial charge in [0.1, 0.15) is 0 Å². The van der Waals surface area contributed by atoms with Gasteiger partial charge in [0.2, 0.25) is 0 Å². The van der Waals surface area contributed by atoms with Crippen LogP contribution in [0.3, 0.4) is 0 Å². The average molecular weight is 276 g/mol. The maximum absolute atomic E-state index is 12.0. The Hall–Kier alpha value is -2.44. The lowest BCUT2D eigenvalue weighted by molar-refractivity contribution is -0.141. The lowest BCUT2D eigenvalue weighted by atomic mass is 9.99. The van der Waals surface area contributed by atoms with Crippen LogP contribution < -0.4 is 5.69 Å². The van der Waals surface area contributed by atoms with Crippen molar-refractivity contribution >= 4 is 5.97 Å². The van der Waals surface area contributed by atoms with E-state index in [1.807, 2.05) is 0 Å². The molecule has 2 rings (SSSR count). The summed E-state index contributed by atoms with van der Waals surface area (Å²) in [6.07, 6.45) is 3.45. The van der Waals surface area contributed by atoms with E-state index in [1.54, 1.807) is 27.0 Å². The summed E-state index contributed by atoms with van der Waals surface area (Å²) in [5.41, 5.74) is 2.23. The van der Waals surface area contributed by atoms with Crippen LogP contribution in [0.2, 0.25) is 0 Å². The molecule has 7 nitrogen and oxygen atoms in total. The molecule has 0 spiro atoms. The van der Waals surface area contributed by atoms with Crippen molar-refractivity contribution in [2.45, 2.75) is 27.2 Å². The van der Waals surface area contributed by atoms with E-state index in [2.05, 4.69) is 15.2 Å². The average Bonchev–Trinajstić information content (AvgIpc) is 2.87. The first kappa shape index (κ1) is 14.0. The van der Waals surface area contributed by atoms with Crippen LogP contribution in [0.4, 0.5) is 0 Å². The van der Waals surface area contributed by atoms with Gasteiger partial charge in [0.05, 0.1) is 17.8 Å². The van der Waals surface area contributed by atoms with Crippen molar-refractivity contribution in [2.75, 3.05) is 0 Å². The van der Waals surface area contributed by atoms with Crippen LogP contribution >= 0.6 is 0 Å². The molecule has 2 aromatic rings. The molecule has 1 unspecified atom stereocenters. The lowest BCUT2D eigenvalue weighted by Gasteiger charge is -2.15. The van der Waals surface area contributed by atoms with Crippen LogP contribution in [0.1, 0.15) is 23.9 Å².